The van der Waals surface area contributed by atoms with Crippen molar-refractivity contribution >= 4 is 39.0 Å². The molecule has 0 aliphatic heterocycles. The Labute approximate surface area is 217 Å². The third kappa shape index (κ3) is 4.51. The lowest BCUT2D eigenvalue weighted by Crippen LogP contribution is -2.02. The van der Waals surface area contributed by atoms with E-state index in [1.165, 1.54) is 6.07 Å². The minimum atomic E-state index is -0.209. The number of allylic oxidation sites excluding steroid dienone is 1. The zero-order valence-electron chi connectivity index (χ0n) is 20.5. The van der Waals surface area contributed by atoms with Gasteiger partial charge in [0, 0.05) is 44.9 Å². The number of fused-ring (bicyclic) bond motifs is 2. The lowest BCUT2D eigenvalue weighted by Gasteiger charge is -2.12. The zero-order valence-corrected chi connectivity index (χ0v) is 21.3. The van der Waals surface area contributed by atoms with E-state index in [1.54, 1.807) is 12.3 Å². The molecule has 0 fully saturated rings. The molecule has 0 aliphatic carbocycles. The number of halogens is 1. The Morgan fingerprint density at radius 1 is 1.05 bits per heavy atom. The number of benzene rings is 1. The maximum Gasteiger partial charge on any atom is 0.176 e. The van der Waals surface area contributed by atoms with E-state index in [9.17, 15) is 4.39 Å². The first kappa shape index (κ1) is 23.1. The summed E-state index contributed by atoms with van der Waals surface area (Å²) in [5, 5.41) is 12.8. The zero-order chi connectivity index (χ0) is 25.5. The fourth-order valence-corrected chi connectivity index (χ4v) is 5.41. The molecule has 37 heavy (non-hydrogen) atoms. The fraction of sp³-hybridized carbons (Fsp3) is 0.138. The number of hydrogen-bond acceptors (Lipinski definition) is 5. The van der Waals surface area contributed by atoms with Crippen molar-refractivity contribution < 1.29 is 4.39 Å². The van der Waals surface area contributed by atoms with Crippen LogP contribution < -0.4 is 5.32 Å². The first-order valence-corrected chi connectivity index (χ1v) is 12.9. The summed E-state index contributed by atoms with van der Waals surface area (Å²) >= 11 is 1.13. The second kappa shape index (κ2) is 9.29. The van der Waals surface area contributed by atoms with Gasteiger partial charge in [-0.3, -0.25) is 10.1 Å². The predicted octanol–water partition coefficient (Wildman–Crippen LogP) is 8.01. The molecule has 1 aromatic carbocycles. The highest BCUT2D eigenvalue weighted by Crippen LogP contribution is 2.36. The molecule has 0 unspecified atom stereocenters. The second-order valence-corrected chi connectivity index (χ2v) is 10.6. The highest BCUT2D eigenvalue weighted by molar-refractivity contribution is 7.14. The number of aromatic nitrogens is 5. The van der Waals surface area contributed by atoms with Crippen LogP contribution in [0.5, 0.6) is 0 Å². The van der Waals surface area contributed by atoms with Crippen molar-refractivity contribution in [3.8, 4) is 33.0 Å². The molecule has 0 saturated heterocycles. The summed E-state index contributed by atoms with van der Waals surface area (Å²) in [4.78, 5) is 13.2. The van der Waals surface area contributed by atoms with Gasteiger partial charge in [0.05, 0.1) is 23.1 Å². The number of anilines is 1. The number of aromatic amines is 2. The molecule has 0 amide bonds. The molecule has 0 spiro atoms. The molecule has 0 atom stereocenters. The number of nitrogens with zero attached hydrogens (tertiary/aromatic N) is 3. The monoisotopic (exact) mass is 508 g/mol. The Hall–Kier alpha value is -4.30. The molecular weight excluding hydrogens is 483 g/mol. The van der Waals surface area contributed by atoms with E-state index < -0.39 is 0 Å². The van der Waals surface area contributed by atoms with Crippen LogP contribution in [0.4, 0.5) is 10.1 Å². The predicted molar refractivity (Wildman–Crippen MR) is 150 cm³/mol. The van der Waals surface area contributed by atoms with Gasteiger partial charge in [0.1, 0.15) is 11.3 Å². The van der Waals surface area contributed by atoms with E-state index in [0.717, 1.165) is 84.0 Å². The van der Waals surface area contributed by atoms with Crippen LogP contribution in [-0.2, 0) is 0 Å². The van der Waals surface area contributed by atoms with Gasteiger partial charge in [-0.2, -0.15) is 9.49 Å². The number of thiophene rings is 1. The van der Waals surface area contributed by atoms with Crippen molar-refractivity contribution in [2.24, 2.45) is 5.92 Å². The molecule has 3 N–H and O–H groups in total. The van der Waals surface area contributed by atoms with E-state index in [1.807, 2.05) is 30.6 Å². The lowest BCUT2D eigenvalue weighted by atomic mass is 10.0. The van der Waals surface area contributed by atoms with Gasteiger partial charge < -0.3 is 10.3 Å². The maximum atomic E-state index is 13.7. The number of H-pyrrole nitrogens is 2. The normalized spacial score (nSPS) is 11.6. The standard InChI is InChI=1S/C29H25FN6S/c1-16(2)10-17(3)33-20-11-19(14-31-15-20)18-4-5-24-23(12-18)28(36-35-24)25-13-22-21(8-9-32-29(22)34-25)26-6-7-27(30)37-26/h4-9,11-16,33H,3,10H2,1-2H3,(H,32,34)(H,35,36). The molecule has 184 valence electrons. The van der Waals surface area contributed by atoms with Crippen molar-refractivity contribution in [2.45, 2.75) is 20.3 Å². The maximum absolute atomic E-state index is 13.7. The molecule has 8 heteroatoms. The van der Waals surface area contributed by atoms with Crippen molar-refractivity contribution in [3.05, 3.63) is 84.5 Å². The smallest absolute Gasteiger partial charge is 0.176 e. The Kier molecular flexibility index (Phi) is 5.81. The Balaban J connectivity index is 1.38. The summed E-state index contributed by atoms with van der Waals surface area (Å²) in [5.41, 5.74) is 8.16. The van der Waals surface area contributed by atoms with Crippen LogP contribution >= 0.6 is 11.3 Å². The molecule has 5 aromatic heterocycles. The second-order valence-electron chi connectivity index (χ2n) is 9.53. The highest BCUT2D eigenvalue weighted by atomic mass is 32.1. The van der Waals surface area contributed by atoms with Crippen LogP contribution in [0.15, 0.2) is 79.4 Å². The lowest BCUT2D eigenvalue weighted by molar-refractivity contribution is 0.645. The van der Waals surface area contributed by atoms with Crippen molar-refractivity contribution in [1.29, 1.82) is 0 Å². The average molecular weight is 509 g/mol. The third-order valence-corrected chi connectivity index (χ3v) is 7.14. The Bertz CT molecular complexity index is 1760. The van der Waals surface area contributed by atoms with Gasteiger partial charge in [-0.05, 0) is 60.4 Å². The van der Waals surface area contributed by atoms with Gasteiger partial charge in [0.2, 0.25) is 0 Å². The van der Waals surface area contributed by atoms with Gasteiger partial charge in [-0.1, -0.05) is 26.5 Å². The molecule has 0 bridgehead atoms. The van der Waals surface area contributed by atoms with Crippen LogP contribution in [0.1, 0.15) is 20.3 Å². The van der Waals surface area contributed by atoms with Crippen LogP contribution in [0.3, 0.4) is 0 Å². The summed E-state index contributed by atoms with van der Waals surface area (Å²) in [7, 11) is 0. The Morgan fingerprint density at radius 3 is 2.76 bits per heavy atom. The molecule has 6 rings (SSSR count). The van der Waals surface area contributed by atoms with E-state index >= 15 is 0 Å². The molecular formula is C29H25FN6S. The van der Waals surface area contributed by atoms with E-state index in [2.05, 4.69) is 69.1 Å². The van der Waals surface area contributed by atoms with Gasteiger partial charge in [0.15, 0.2) is 5.13 Å². The summed E-state index contributed by atoms with van der Waals surface area (Å²) in [5.74, 6) is 0.528. The van der Waals surface area contributed by atoms with Gasteiger partial charge in [-0.25, -0.2) is 4.98 Å². The molecule has 0 saturated carbocycles. The first-order valence-electron chi connectivity index (χ1n) is 12.1. The summed E-state index contributed by atoms with van der Waals surface area (Å²) in [6.45, 7) is 8.48. The quantitative estimate of drug-likeness (QED) is 0.204. The molecule has 5 heterocycles. The van der Waals surface area contributed by atoms with Crippen LogP contribution in [0, 0.1) is 11.0 Å². The summed E-state index contributed by atoms with van der Waals surface area (Å²) in [6.07, 6.45) is 6.30. The number of nitrogens with one attached hydrogen (secondary N) is 3. The minimum Gasteiger partial charge on any atom is -0.358 e. The third-order valence-electron chi connectivity index (χ3n) is 6.24. The molecule has 0 radical (unpaired) electrons. The number of hydrogen-bond donors (Lipinski definition) is 3. The summed E-state index contributed by atoms with van der Waals surface area (Å²) in [6, 6.07) is 15.5. The van der Waals surface area contributed by atoms with Crippen LogP contribution in [-0.4, -0.2) is 25.1 Å². The van der Waals surface area contributed by atoms with Crippen LogP contribution in [0.2, 0.25) is 0 Å². The molecule has 0 aliphatic rings. The van der Waals surface area contributed by atoms with E-state index in [0.29, 0.717) is 5.92 Å². The number of pyridine rings is 2. The summed E-state index contributed by atoms with van der Waals surface area (Å²) < 4.78 is 13.7. The van der Waals surface area contributed by atoms with Gasteiger partial charge in [-0.15, -0.1) is 11.3 Å². The van der Waals surface area contributed by atoms with Crippen molar-refractivity contribution in [3.63, 3.8) is 0 Å². The van der Waals surface area contributed by atoms with Gasteiger partial charge in [0.25, 0.3) is 0 Å². The minimum absolute atomic E-state index is 0.209. The Morgan fingerprint density at radius 2 is 1.95 bits per heavy atom. The molecule has 6 aromatic rings. The fourth-order valence-electron chi connectivity index (χ4n) is 4.64. The SMILES string of the molecule is C=C(CC(C)C)Nc1cncc(-c2ccc3[nH]nc(-c4cc5c(-c6ccc(F)s6)ccnc5[nH]4)c3c2)c1. The van der Waals surface area contributed by atoms with Gasteiger partial charge >= 0.3 is 0 Å². The van der Waals surface area contributed by atoms with E-state index in [4.69, 9.17) is 0 Å². The van der Waals surface area contributed by atoms with Crippen molar-refractivity contribution in [1.82, 2.24) is 25.1 Å². The average Bonchev–Trinajstić information content (AvgIpc) is 3.60. The van der Waals surface area contributed by atoms with E-state index in [-0.39, 0.29) is 5.13 Å². The van der Waals surface area contributed by atoms with Crippen molar-refractivity contribution in [2.75, 3.05) is 5.32 Å². The molecule has 6 nitrogen and oxygen atoms in total. The number of rotatable bonds is 7. The highest BCUT2D eigenvalue weighted by Gasteiger charge is 2.16. The largest absolute Gasteiger partial charge is 0.358 e. The first-order chi connectivity index (χ1) is 17.9. The topological polar surface area (TPSA) is 82.3 Å². The van der Waals surface area contributed by atoms with Crippen LogP contribution in [0.25, 0.3) is 54.9 Å².